The van der Waals surface area contributed by atoms with Crippen molar-refractivity contribution in [1.29, 1.82) is 0 Å². The number of carbonyl (C=O) groups excluding carboxylic acids is 1. The van der Waals surface area contributed by atoms with Crippen LogP contribution >= 0.6 is 23.2 Å². The number of ether oxygens (including phenoxy) is 2. The van der Waals surface area contributed by atoms with E-state index >= 15 is 0 Å². The number of fused-ring (bicyclic) bond motifs is 1. The van der Waals surface area contributed by atoms with Crippen LogP contribution in [0.4, 0.5) is 0 Å². The summed E-state index contributed by atoms with van der Waals surface area (Å²) in [7, 11) is 3.23. The smallest absolute Gasteiger partial charge is 0.193 e. The summed E-state index contributed by atoms with van der Waals surface area (Å²) in [5, 5.41) is 13.0. The molecule has 0 saturated carbocycles. The van der Waals surface area contributed by atoms with Crippen molar-refractivity contribution in [3.05, 3.63) is 63.9 Å². The van der Waals surface area contributed by atoms with Gasteiger partial charge in [-0.05, 0) is 11.6 Å². The molecule has 1 unspecified atom stereocenters. The largest absolute Gasteiger partial charge is 0.385 e. The van der Waals surface area contributed by atoms with Gasteiger partial charge in [-0.2, -0.15) is 15.3 Å². The highest BCUT2D eigenvalue weighted by atomic mass is 35.5. The molecule has 4 aromatic rings. The molecule has 172 valence electrons. The predicted octanol–water partition coefficient (Wildman–Crippen LogP) is 3.09. The van der Waals surface area contributed by atoms with Gasteiger partial charge >= 0.3 is 0 Å². The second kappa shape index (κ2) is 10.3. The van der Waals surface area contributed by atoms with E-state index in [2.05, 4.69) is 25.3 Å². The van der Waals surface area contributed by atoms with Gasteiger partial charge in [-0.25, -0.2) is 14.5 Å². The summed E-state index contributed by atoms with van der Waals surface area (Å²) in [5.41, 5.74) is 2.67. The number of hydrogen-bond donors (Lipinski definition) is 0. The Morgan fingerprint density at radius 3 is 2.58 bits per heavy atom. The topological polar surface area (TPSA) is 109 Å². The van der Waals surface area contributed by atoms with Gasteiger partial charge in [0.25, 0.3) is 0 Å². The first-order valence-electron chi connectivity index (χ1n) is 10.1. The maximum Gasteiger partial charge on any atom is 0.193 e. The number of Topliss-reactive ketones (excluding diaryl/α,β-unsaturated/α-hetero) is 1. The monoisotopic (exact) mass is 489 g/mol. The van der Waals surface area contributed by atoms with Gasteiger partial charge < -0.3 is 9.47 Å². The van der Waals surface area contributed by atoms with Gasteiger partial charge in [-0.1, -0.05) is 23.2 Å². The van der Waals surface area contributed by atoms with Crippen LogP contribution in [-0.2, 0) is 27.1 Å². The Hall–Kier alpha value is -2.92. The van der Waals surface area contributed by atoms with E-state index in [1.165, 1.54) is 17.2 Å². The van der Waals surface area contributed by atoms with Crippen LogP contribution < -0.4 is 0 Å². The molecule has 0 aliphatic rings. The maximum absolute atomic E-state index is 13.0. The Balaban J connectivity index is 1.58. The van der Waals surface area contributed by atoms with Crippen molar-refractivity contribution in [2.45, 2.75) is 25.4 Å². The lowest BCUT2D eigenvalue weighted by Crippen LogP contribution is -2.17. The lowest BCUT2D eigenvalue weighted by Gasteiger charge is -2.19. The molecule has 0 bridgehead atoms. The molecular formula is C21H21Cl2N7O3. The predicted molar refractivity (Wildman–Crippen MR) is 121 cm³/mol. The number of methoxy groups -OCH3 is 2. The fourth-order valence-electron chi connectivity index (χ4n) is 3.57. The van der Waals surface area contributed by atoms with Gasteiger partial charge in [0.2, 0.25) is 0 Å². The van der Waals surface area contributed by atoms with Crippen molar-refractivity contribution in [3.63, 3.8) is 0 Å². The lowest BCUT2D eigenvalue weighted by atomic mass is 10.0. The van der Waals surface area contributed by atoms with Crippen molar-refractivity contribution < 1.29 is 14.3 Å². The van der Waals surface area contributed by atoms with E-state index in [-0.39, 0.29) is 24.7 Å². The molecule has 0 aromatic carbocycles. The minimum atomic E-state index is -0.355. The molecule has 0 aliphatic heterocycles. The standard InChI is InChI=1S/C21H21Cl2N7O3/c1-32-6-3-17(33-2)20-14(12-24-19-10-18(23)28-29(19)20)9-15(31)7-13-8-16(22)21(25-11-13)30-26-4-5-27-30/h4-5,8,10-12,17H,3,6-7,9H2,1-2H3. The van der Waals surface area contributed by atoms with Crippen molar-refractivity contribution in [1.82, 2.24) is 34.6 Å². The highest BCUT2D eigenvalue weighted by Gasteiger charge is 2.22. The molecule has 10 nitrogen and oxygen atoms in total. The minimum Gasteiger partial charge on any atom is -0.385 e. The van der Waals surface area contributed by atoms with E-state index in [1.807, 2.05) is 0 Å². The van der Waals surface area contributed by atoms with Gasteiger partial charge in [-0.3, -0.25) is 4.79 Å². The molecule has 33 heavy (non-hydrogen) atoms. The van der Waals surface area contributed by atoms with Crippen molar-refractivity contribution >= 4 is 34.6 Å². The number of nitrogens with zero attached hydrogens (tertiary/aromatic N) is 7. The number of ketones is 1. The zero-order chi connectivity index (χ0) is 23.4. The zero-order valence-corrected chi connectivity index (χ0v) is 19.5. The van der Waals surface area contributed by atoms with Crippen LogP contribution in [0.5, 0.6) is 0 Å². The van der Waals surface area contributed by atoms with E-state index in [4.69, 9.17) is 32.7 Å². The van der Waals surface area contributed by atoms with E-state index in [0.717, 1.165) is 5.69 Å². The molecule has 0 aliphatic carbocycles. The molecular weight excluding hydrogens is 469 g/mol. The molecule has 0 N–H and O–H groups in total. The second-order valence-electron chi connectivity index (χ2n) is 7.27. The average molecular weight is 490 g/mol. The van der Waals surface area contributed by atoms with Crippen molar-refractivity contribution in [2.75, 3.05) is 20.8 Å². The summed E-state index contributed by atoms with van der Waals surface area (Å²) < 4.78 is 12.5. The number of halogens is 2. The Labute approximate surface area is 199 Å². The van der Waals surface area contributed by atoms with Gasteiger partial charge in [0.05, 0.1) is 23.1 Å². The van der Waals surface area contributed by atoms with Gasteiger partial charge in [0, 0.05) is 64.1 Å². The quantitative estimate of drug-likeness (QED) is 0.334. The first-order valence-corrected chi connectivity index (χ1v) is 10.8. The third-order valence-corrected chi connectivity index (χ3v) is 5.48. The third-order valence-electron chi connectivity index (χ3n) is 5.02. The van der Waals surface area contributed by atoms with Crippen LogP contribution in [0.25, 0.3) is 11.5 Å². The Bertz CT molecular complexity index is 1260. The molecule has 0 spiro atoms. The van der Waals surface area contributed by atoms with E-state index < -0.39 is 0 Å². The van der Waals surface area contributed by atoms with E-state index in [0.29, 0.717) is 45.8 Å². The van der Waals surface area contributed by atoms with Crippen LogP contribution in [0.2, 0.25) is 10.2 Å². The van der Waals surface area contributed by atoms with Crippen molar-refractivity contribution in [2.24, 2.45) is 0 Å². The Kier molecular flexibility index (Phi) is 7.29. The van der Waals surface area contributed by atoms with Crippen LogP contribution in [0.15, 0.2) is 36.9 Å². The number of carbonyl (C=O) groups is 1. The maximum atomic E-state index is 13.0. The zero-order valence-electron chi connectivity index (χ0n) is 18.0. The summed E-state index contributed by atoms with van der Waals surface area (Å²) in [6.07, 6.45) is 6.81. The molecule has 4 heterocycles. The van der Waals surface area contributed by atoms with Crippen LogP contribution in [-0.4, -0.2) is 61.2 Å². The summed E-state index contributed by atoms with van der Waals surface area (Å²) in [5.74, 6) is 0.353. The molecule has 0 amide bonds. The van der Waals surface area contributed by atoms with Crippen LogP contribution in [0, 0.1) is 0 Å². The normalized spacial score (nSPS) is 12.4. The highest BCUT2D eigenvalue weighted by molar-refractivity contribution is 6.32. The number of hydrogen-bond acceptors (Lipinski definition) is 8. The van der Waals surface area contributed by atoms with Gasteiger partial charge in [-0.15, -0.1) is 4.80 Å². The summed E-state index contributed by atoms with van der Waals surface area (Å²) in [6.45, 7) is 0.479. The molecule has 1 atom stereocenters. The number of aromatic nitrogens is 7. The molecule has 0 fully saturated rings. The molecule has 0 radical (unpaired) electrons. The number of pyridine rings is 1. The Morgan fingerprint density at radius 2 is 1.88 bits per heavy atom. The second-order valence-corrected chi connectivity index (χ2v) is 8.07. The van der Waals surface area contributed by atoms with Crippen LogP contribution in [0.1, 0.15) is 29.3 Å². The van der Waals surface area contributed by atoms with Gasteiger partial charge in [0.1, 0.15) is 11.9 Å². The van der Waals surface area contributed by atoms with Gasteiger partial charge in [0.15, 0.2) is 16.6 Å². The number of rotatable bonds is 10. The lowest BCUT2D eigenvalue weighted by molar-refractivity contribution is -0.117. The summed E-state index contributed by atoms with van der Waals surface area (Å²) in [6, 6.07) is 3.35. The Morgan fingerprint density at radius 1 is 1.09 bits per heavy atom. The SMILES string of the molecule is COCCC(OC)c1c(CC(=O)Cc2cnc(-n3nccn3)c(Cl)c2)cnc2cc(Cl)nn12. The first-order chi connectivity index (χ1) is 16.0. The minimum absolute atomic E-state index is 0.0416. The molecule has 0 saturated heterocycles. The molecule has 4 aromatic heterocycles. The van der Waals surface area contributed by atoms with Crippen molar-refractivity contribution in [3.8, 4) is 5.82 Å². The average Bonchev–Trinajstić information content (AvgIpc) is 3.44. The van der Waals surface area contributed by atoms with Crippen LogP contribution in [0.3, 0.4) is 0 Å². The fraction of sp³-hybridized carbons (Fsp3) is 0.333. The van der Waals surface area contributed by atoms with E-state index in [9.17, 15) is 4.79 Å². The molecule has 4 rings (SSSR count). The fourth-order valence-corrected chi connectivity index (χ4v) is 4.01. The highest BCUT2D eigenvalue weighted by Crippen LogP contribution is 2.27. The third kappa shape index (κ3) is 5.19. The summed E-state index contributed by atoms with van der Waals surface area (Å²) >= 11 is 12.4. The summed E-state index contributed by atoms with van der Waals surface area (Å²) in [4.78, 5) is 23.0. The molecule has 12 heteroatoms. The first kappa shape index (κ1) is 23.2. The van der Waals surface area contributed by atoms with E-state index in [1.54, 1.807) is 43.3 Å².